The lowest BCUT2D eigenvalue weighted by Crippen LogP contribution is -2.54. The maximum Gasteiger partial charge on any atom is 0.358 e. The van der Waals surface area contributed by atoms with Crippen LogP contribution >= 0.6 is 0 Å². The molecular weight excluding hydrogens is 508 g/mol. The van der Waals surface area contributed by atoms with E-state index in [9.17, 15) is 14.4 Å². The van der Waals surface area contributed by atoms with Crippen LogP contribution in [0.3, 0.4) is 0 Å². The number of likely N-dealkylation sites (tertiary alicyclic amines) is 1. The Hall–Kier alpha value is -3.66. The van der Waals surface area contributed by atoms with Gasteiger partial charge in [0.2, 0.25) is 5.91 Å². The van der Waals surface area contributed by atoms with Gasteiger partial charge in [0.15, 0.2) is 5.69 Å². The van der Waals surface area contributed by atoms with Gasteiger partial charge in [-0.3, -0.25) is 9.69 Å². The average Bonchev–Trinajstić information content (AvgIpc) is 3.39. The van der Waals surface area contributed by atoms with E-state index in [1.807, 2.05) is 44.3 Å². The lowest BCUT2D eigenvalue weighted by Gasteiger charge is -2.35. The molecule has 2 aromatic heterocycles. The first-order valence-electron chi connectivity index (χ1n) is 14.4. The first-order valence-corrected chi connectivity index (χ1v) is 14.4. The summed E-state index contributed by atoms with van der Waals surface area (Å²) in [5, 5.41) is 0.988. The van der Waals surface area contributed by atoms with Gasteiger partial charge in [-0.1, -0.05) is 44.9 Å². The molecule has 1 fully saturated rings. The van der Waals surface area contributed by atoms with Gasteiger partial charge in [-0.25, -0.2) is 14.6 Å². The van der Waals surface area contributed by atoms with E-state index in [0.29, 0.717) is 37.4 Å². The SMILES string of the molecule is CCOC(=O)c1nc([C@@H](Cc2c[nH]c3ccccc23)N(C(=O)[C@@H](N)CC(C)C)C(=O)N2CCCCCC2)[nH]c1C. The highest BCUT2D eigenvalue weighted by molar-refractivity contribution is 5.98. The van der Waals surface area contributed by atoms with Crippen molar-refractivity contribution in [3.8, 4) is 0 Å². The second-order valence-corrected chi connectivity index (χ2v) is 11.0. The van der Waals surface area contributed by atoms with Crippen molar-refractivity contribution in [2.75, 3.05) is 19.7 Å². The number of rotatable bonds is 9. The van der Waals surface area contributed by atoms with Crippen LogP contribution in [0.1, 0.15) is 86.5 Å². The Morgan fingerprint density at radius 3 is 2.50 bits per heavy atom. The minimum absolute atomic E-state index is 0.141. The van der Waals surface area contributed by atoms with E-state index in [0.717, 1.165) is 42.1 Å². The lowest BCUT2D eigenvalue weighted by atomic mass is 9.99. The third-order valence-corrected chi connectivity index (χ3v) is 7.45. The number of amides is 3. The molecule has 10 heteroatoms. The molecule has 0 bridgehead atoms. The summed E-state index contributed by atoms with van der Waals surface area (Å²) in [5.41, 5.74) is 8.97. The molecule has 0 aliphatic carbocycles. The smallest absolute Gasteiger partial charge is 0.358 e. The number of aromatic nitrogens is 3. The number of esters is 1. The Bertz CT molecular complexity index is 1320. The predicted molar refractivity (Wildman–Crippen MR) is 154 cm³/mol. The van der Waals surface area contributed by atoms with Crippen molar-refractivity contribution in [3.05, 3.63) is 53.2 Å². The molecule has 3 aromatic rings. The number of imidazole rings is 1. The number of carbonyl (C=O) groups excluding carboxylic acids is 3. The van der Waals surface area contributed by atoms with E-state index in [1.165, 1.54) is 4.90 Å². The van der Waals surface area contributed by atoms with Gasteiger partial charge in [-0.2, -0.15) is 0 Å². The molecule has 0 saturated carbocycles. The van der Waals surface area contributed by atoms with E-state index in [2.05, 4.69) is 15.0 Å². The van der Waals surface area contributed by atoms with Gasteiger partial charge < -0.3 is 25.3 Å². The Kier molecular flexibility index (Phi) is 9.63. The summed E-state index contributed by atoms with van der Waals surface area (Å²) in [6.07, 6.45) is 6.48. The molecule has 3 amide bonds. The molecule has 4 rings (SSSR count). The van der Waals surface area contributed by atoms with Crippen molar-refractivity contribution in [1.29, 1.82) is 0 Å². The summed E-state index contributed by atoms with van der Waals surface area (Å²) in [4.78, 5) is 55.2. The quantitative estimate of drug-likeness (QED) is 0.326. The van der Waals surface area contributed by atoms with Gasteiger partial charge in [0.1, 0.15) is 11.9 Å². The van der Waals surface area contributed by atoms with Gasteiger partial charge >= 0.3 is 12.0 Å². The highest BCUT2D eigenvalue weighted by Crippen LogP contribution is 2.31. The van der Waals surface area contributed by atoms with Gasteiger partial charge in [-0.15, -0.1) is 0 Å². The number of fused-ring (bicyclic) bond motifs is 1. The fraction of sp³-hybridized carbons (Fsp3) is 0.533. The summed E-state index contributed by atoms with van der Waals surface area (Å²) in [6, 6.07) is 5.84. The molecule has 0 unspecified atom stereocenters. The number of hydrogen-bond donors (Lipinski definition) is 3. The fourth-order valence-electron chi connectivity index (χ4n) is 5.44. The number of carbonyl (C=O) groups is 3. The molecule has 1 saturated heterocycles. The van der Waals surface area contributed by atoms with Gasteiger partial charge in [0.25, 0.3) is 0 Å². The van der Waals surface area contributed by atoms with Crippen LogP contribution < -0.4 is 5.73 Å². The Balaban J connectivity index is 1.83. The summed E-state index contributed by atoms with van der Waals surface area (Å²) >= 11 is 0. The summed E-state index contributed by atoms with van der Waals surface area (Å²) < 4.78 is 5.21. The van der Waals surface area contributed by atoms with Crippen LogP contribution in [0.4, 0.5) is 4.79 Å². The highest BCUT2D eigenvalue weighted by atomic mass is 16.5. The molecule has 3 heterocycles. The van der Waals surface area contributed by atoms with Crippen molar-refractivity contribution in [1.82, 2.24) is 24.8 Å². The Morgan fingerprint density at radius 1 is 1.12 bits per heavy atom. The number of aromatic amines is 2. The lowest BCUT2D eigenvalue weighted by molar-refractivity contribution is -0.132. The first kappa shape index (κ1) is 29.3. The number of benzene rings is 1. The van der Waals surface area contributed by atoms with Crippen LogP contribution in [-0.2, 0) is 16.0 Å². The van der Waals surface area contributed by atoms with Crippen LogP contribution in [-0.4, -0.2) is 68.4 Å². The van der Waals surface area contributed by atoms with E-state index < -0.39 is 24.0 Å². The number of hydrogen-bond acceptors (Lipinski definition) is 6. The van der Waals surface area contributed by atoms with Gasteiger partial charge in [0, 0.05) is 42.3 Å². The van der Waals surface area contributed by atoms with Crippen LogP contribution in [0.5, 0.6) is 0 Å². The zero-order valence-electron chi connectivity index (χ0n) is 24.0. The number of nitrogens with zero attached hydrogens (tertiary/aromatic N) is 3. The van der Waals surface area contributed by atoms with Crippen molar-refractivity contribution < 1.29 is 19.1 Å². The van der Waals surface area contributed by atoms with Crippen molar-refractivity contribution in [2.24, 2.45) is 11.7 Å². The normalized spacial score (nSPS) is 15.6. The molecule has 1 aliphatic heterocycles. The van der Waals surface area contributed by atoms with Crippen LogP contribution in [0.15, 0.2) is 30.5 Å². The summed E-state index contributed by atoms with van der Waals surface area (Å²) in [6.45, 7) is 8.83. The minimum atomic E-state index is -0.859. The van der Waals surface area contributed by atoms with Crippen LogP contribution in [0.2, 0.25) is 0 Å². The fourth-order valence-corrected chi connectivity index (χ4v) is 5.44. The topological polar surface area (TPSA) is 137 Å². The maximum absolute atomic E-state index is 14.3. The second-order valence-electron chi connectivity index (χ2n) is 11.0. The van der Waals surface area contributed by atoms with E-state index in [1.54, 1.807) is 18.7 Å². The minimum Gasteiger partial charge on any atom is -0.461 e. The summed E-state index contributed by atoms with van der Waals surface area (Å²) in [5.74, 6) is -0.484. The zero-order valence-corrected chi connectivity index (χ0v) is 24.0. The zero-order chi connectivity index (χ0) is 28.8. The molecule has 4 N–H and O–H groups in total. The van der Waals surface area contributed by atoms with Crippen molar-refractivity contribution in [2.45, 2.75) is 78.3 Å². The molecule has 40 heavy (non-hydrogen) atoms. The number of H-pyrrole nitrogens is 2. The average molecular weight is 551 g/mol. The van der Waals surface area contributed by atoms with Crippen LogP contribution in [0.25, 0.3) is 10.9 Å². The van der Waals surface area contributed by atoms with Crippen molar-refractivity contribution >= 4 is 28.8 Å². The number of nitrogens with one attached hydrogen (secondary N) is 2. The largest absolute Gasteiger partial charge is 0.461 e. The molecule has 1 aliphatic rings. The van der Waals surface area contributed by atoms with E-state index >= 15 is 0 Å². The van der Waals surface area contributed by atoms with E-state index in [-0.39, 0.29) is 24.2 Å². The highest BCUT2D eigenvalue weighted by Gasteiger charge is 2.39. The molecule has 10 nitrogen and oxygen atoms in total. The third-order valence-electron chi connectivity index (χ3n) is 7.45. The molecule has 0 spiro atoms. The second kappa shape index (κ2) is 13.1. The third kappa shape index (κ3) is 6.55. The number of urea groups is 1. The Morgan fingerprint density at radius 2 is 1.82 bits per heavy atom. The molecular formula is C30H42N6O4. The maximum atomic E-state index is 14.3. The molecule has 1 aromatic carbocycles. The Labute approximate surface area is 235 Å². The van der Waals surface area contributed by atoms with E-state index in [4.69, 9.17) is 10.5 Å². The number of ether oxygens (including phenoxy) is 1. The molecule has 216 valence electrons. The monoisotopic (exact) mass is 550 g/mol. The molecule has 2 atom stereocenters. The van der Waals surface area contributed by atoms with Crippen LogP contribution in [0, 0.1) is 12.8 Å². The van der Waals surface area contributed by atoms with Gasteiger partial charge in [-0.05, 0) is 50.7 Å². The van der Waals surface area contributed by atoms with Gasteiger partial charge in [0.05, 0.1) is 12.6 Å². The predicted octanol–water partition coefficient (Wildman–Crippen LogP) is 4.86. The standard InChI is InChI=1S/C30H42N6O4/c1-5-40-29(38)26-20(4)33-27(34-26)25(17-21-18-32-24-13-9-8-12-22(21)24)36(28(37)23(31)16-19(2)3)30(39)35-14-10-6-7-11-15-35/h8-9,12-13,18-19,23,25,32H,5-7,10-11,14-17,31H2,1-4H3,(H,33,34)/t23-,25+/m0/s1. The van der Waals surface area contributed by atoms with Crippen molar-refractivity contribution in [3.63, 3.8) is 0 Å². The number of nitrogens with two attached hydrogens (primary N) is 1. The number of imide groups is 1. The number of aryl methyl sites for hydroxylation is 1. The first-order chi connectivity index (χ1) is 19.2. The summed E-state index contributed by atoms with van der Waals surface area (Å²) in [7, 11) is 0. The molecule has 0 radical (unpaired) electrons. The number of para-hydroxylation sites is 1.